The molecule has 0 spiro atoms. The lowest BCUT2D eigenvalue weighted by atomic mass is 10.1. The van der Waals surface area contributed by atoms with Gasteiger partial charge in [0.2, 0.25) is 11.8 Å². The Labute approximate surface area is 172 Å². The van der Waals surface area contributed by atoms with E-state index < -0.39 is 5.91 Å². The van der Waals surface area contributed by atoms with Crippen LogP contribution in [0.1, 0.15) is 35.7 Å². The first kappa shape index (κ1) is 21.1. The second kappa shape index (κ2) is 9.73. The molecule has 1 aromatic carbocycles. The summed E-state index contributed by atoms with van der Waals surface area (Å²) in [5, 5.41) is 3.36. The number of guanidine groups is 1. The van der Waals surface area contributed by atoms with E-state index in [0.717, 1.165) is 63.6 Å². The van der Waals surface area contributed by atoms with Crippen molar-refractivity contribution >= 4 is 17.8 Å². The standard InChI is InChI=1S/C21H32N6O2/c1-16(20(29)26-8-3-4-9-26)25-10-12-27(13-11-25)21(23-2)24-15-17-6-5-7-18(14-17)19(22)28/h5-7,14,16H,3-4,8-13,15H2,1-2H3,(H2,22,28)(H,23,24). The minimum Gasteiger partial charge on any atom is -0.366 e. The average Bonchev–Trinajstić information content (AvgIpc) is 3.28. The summed E-state index contributed by atoms with van der Waals surface area (Å²) in [6.45, 7) is 7.69. The number of aliphatic imine (C=N–C) groups is 1. The van der Waals surface area contributed by atoms with E-state index in [1.807, 2.05) is 24.0 Å². The van der Waals surface area contributed by atoms with E-state index in [0.29, 0.717) is 12.1 Å². The molecule has 2 amide bonds. The van der Waals surface area contributed by atoms with E-state index in [1.54, 1.807) is 19.2 Å². The van der Waals surface area contributed by atoms with Gasteiger partial charge in [-0.3, -0.25) is 19.5 Å². The fourth-order valence-electron chi connectivity index (χ4n) is 4.03. The summed E-state index contributed by atoms with van der Waals surface area (Å²) < 4.78 is 0. The molecule has 3 rings (SSSR count). The van der Waals surface area contributed by atoms with Crippen molar-refractivity contribution < 1.29 is 9.59 Å². The molecule has 1 atom stereocenters. The summed E-state index contributed by atoms with van der Waals surface area (Å²) in [5.41, 5.74) is 6.84. The molecule has 8 heteroatoms. The lowest BCUT2D eigenvalue weighted by Gasteiger charge is -2.39. The molecule has 0 radical (unpaired) electrons. The summed E-state index contributed by atoms with van der Waals surface area (Å²) in [4.78, 5) is 34.9. The fraction of sp³-hybridized carbons (Fsp3) is 0.571. The zero-order chi connectivity index (χ0) is 20.8. The van der Waals surface area contributed by atoms with Crippen LogP contribution in [0.25, 0.3) is 0 Å². The predicted octanol–water partition coefficient (Wildman–Crippen LogP) is 0.489. The number of benzene rings is 1. The van der Waals surface area contributed by atoms with Gasteiger partial charge in [-0.15, -0.1) is 0 Å². The first-order valence-electron chi connectivity index (χ1n) is 10.4. The highest BCUT2D eigenvalue weighted by molar-refractivity contribution is 5.92. The van der Waals surface area contributed by atoms with Crippen LogP contribution in [0, 0.1) is 0 Å². The third-order valence-corrected chi connectivity index (χ3v) is 5.81. The number of nitrogens with two attached hydrogens (primary N) is 1. The molecule has 2 aliphatic heterocycles. The van der Waals surface area contributed by atoms with Crippen LogP contribution >= 0.6 is 0 Å². The summed E-state index contributed by atoms with van der Waals surface area (Å²) in [6.07, 6.45) is 2.24. The van der Waals surface area contributed by atoms with Crippen molar-refractivity contribution in [3.63, 3.8) is 0 Å². The number of likely N-dealkylation sites (tertiary alicyclic amines) is 1. The van der Waals surface area contributed by atoms with E-state index in [2.05, 4.69) is 20.1 Å². The summed E-state index contributed by atoms with van der Waals surface area (Å²) >= 11 is 0. The Morgan fingerprint density at radius 1 is 1.10 bits per heavy atom. The van der Waals surface area contributed by atoms with Gasteiger partial charge in [0.05, 0.1) is 6.04 Å². The SMILES string of the molecule is CN=C(NCc1cccc(C(N)=O)c1)N1CCN(C(C)C(=O)N2CCCC2)CC1. The van der Waals surface area contributed by atoms with E-state index in [1.165, 1.54) is 0 Å². The third kappa shape index (κ3) is 5.26. The highest BCUT2D eigenvalue weighted by Crippen LogP contribution is 2.14. The number of primary amides is 1. The van der Waals surface area contributed by atoms with Gasteiger partial charge in [-0.25, -0.2) is 0 Å². The zero-order valence-electron chi connectivity index (χ0n) is 17.4. The van der Waals surface area contributed by atoms with E-state index in [9.17, 15) is 9.59 Å². The van der Waals surface area contributed by atoms with Crippen molar-refractivity contribution in [1.82, 2.24) is 20.0 Å². The van der Waals surface area contributed by atoms with Gasteiger partial charge in [-0.1, -0.05) is 12.1 Å². The number of carbonyl (C=O) groups excluding carboxylic acids is 2. The molecule has 2 aliphatic rings. The number of hydrogen-bond acceptors (Lipinski definition) is 4. The van der Waals surface area contributed by atoms with Crippen LogP contribution in [0.2, 0.25) is 0 Å². The lowest BCUT2D eigenvalue weighted by molar-refractivity contribution is -0.135. The summed E-state index contributed by atoms with van der Waals surface area (Å²) in [5.74, 6) is 0.658. The number of carbonyl (C=O) groups is 2. The number of nitrogens with zero attached hydrogens (tertiary/aromatic N) is 4. The maximum Gasteiger partial charge on any atom is 0.248 e. The van der Waals surface area contributed by atoms with Crippen LogP contribution in [0.3, 0.4) is 0 Å². The third-order valence-electron chi connectivity index (χ3n) is 5.81. The Kier molecular flexibility index (Phi) is 7.09. The average molecular weight is 401 g/mol. The number of piperazine rings is 1. The van der Waals surface area contributed by atoms with Crippen molar-refractivity contribution in [3.8, 4) is 0 Å². The van der Waals surface area contributed by atoms with Gasteiger partial charge in [0.1, 0.15) is 0 Å². The Bertz CT molecular complexity index is 751. The minimum absolute atomic E-state index is 0.0678. The number of hydrogen-bond donors (Lipinski definition) is 2. The first-order chi connectivity index (χ1) is 14.0. The quantitative estimate of drug-likeness (QED) is 0.554. The van der Waals surface area contributed by atoms with Crippen molar-refractivity contribution in [1.29, 1.82) is 0 Å². The Hall–Kier alpha value is -2.61. The molecule has 2 saturated heterocycles. The van der Waals surface area contributed by atoms with Crippen LogP contribution in [-0.4, -0.2) is 84.8 Å². The number of nitrogens with one attached hydrogen (secondary N) is 1. The van der Waals surface area contributed by atoms with Crippen LogP contribution in [0.5, 0.6) is 0 Å². The van der Waals surface area contributed by atoms with Gasteiger partial charge in [0.25, 0.3) is 0 Å². The topological polar surface area (TPSA) is 94.3 Å². The monoisotopic (exact) mass is 400 g/mol. The molecule has 0 aliphatic carbocycles. The molecular weight excluding hydrogens is 368 g/mol. The molecule has 1 aromatic rings. The van der Waals surface area contributed by atoms with Gasteiger partial charge in [0.15, 0.2) is 5.96 Å². The van der Waals surface area contributed by atoms with Crippen molar-refractivity contribution in [2.24, 2.45) is 10.7 Å². The molecule has 2 heterocycles. The lowest BCUT2D eigenvalue weighted by Crippen LogP contribution is -2.57. The van der Waals surface area contributed by atoms with Crippen molar-refractivity contribution in [2.75, 3.05) is 46.3 Å². The molecule has 1 unspecified atom stereocenters. The minimum atomic E-state index is -0.426. The first-order valence-corrected chi connectivity index (χ1v) is 10.4. The highest BCUT2D eigenvalue weighted by Gasteiger charge is 2.30. The molecule has 0 aromatic heterocycles. The van der Waals surface area contributed by atoms with Gasteiger partial charge in [0, 0.05) is 58.4 Å². The van der Waals surface area contributed by atoms with Gasteiger partial charge < -0.3 is 20.9 Å². The smallest absolute Gasteiger partial charge is 0.248 e. The molecule has 8 nitrogen and oxygen atoms in total. The normalized spacial score (nSPS) is 19.3. The molecule has 29 heavy (non-hydrogen) atoms. The van der Waals surface area contributed by atoms with Crippen LogP contribution in [0.4, 0.5) is 0 Å². The highest BCUT2D eigenvalue weighted by atomic mass is 16.2. The maximum absolute atomic E-state index is 12.7. The van der Waals surface area contributed by atoms with E-state index in [-0.39, 0.29) is 11.9 Å². The Morgan fingerprint density at radius 2 is 1.79 bits per heavy atom. The van der Waals surface area contributed by atoms with E-state index in [4.69, 9.17) is 5.73 Å². The number of amides is 2. The summed E-state index contributed by atoms with van der Waals surface area (Å²) in [6, 6.07) is 7.23. The van der Waals surface area contributed by atoms with Crippen LogP contribution < -0.4 is 11.1 Å². The largest absolute Gasteiger partial charge is 0.366 e. The van der Waals surface area contributed by atoms with E-state index >= 15 is 0 Å². The molecule has 158 valence electrons. The fourth-order valence-corrected chi connectivity index (χ4v) is 4.03. The molecule has 2 fully saturated rings. The Morgan fingerprint density at radius 3 is 2.41 bits per heavy atom. The van der Waals surface area contributed by atoms with Gasteiger partial charge in [-0.2, -0.15) is 0 Å². The molecular formula is C21H32N6O2. The molecule has 3 N–H and O–H groups in total. The van der Waals surface area contributed by atoms with Crippen molar-refractivity contribution in [3.05, 3.63) is 35.4 Å². The van der Waals surface area contributed by atoms with Gasteiger partial charge in [-0.05, 0) is 37.5 Å². The zero-order valence-corrected chi connectivity index (χ0v) is 17.4. The maximum atomic E-state index is 12.7. The van der Waals surface area contributed by atoms with Crippen LogP contribution in [-0.2, 0) is 11.3 Å². The molecule has 0 saturated carbocycles. The van der Waals surface area contributed by atoms with Crippen LogP contribution in [0.15, 0.2) is 29.3 Å². The predicted molar refractivity (Wildman–Crippen MR) is 114 cm³/mol. The molecule has 0 bridgehead atoms. The van der Waals surface area contributed by atoms with Crippen molar-refractivity contribution in [2.45, 2.75) is 32.4 Å². The van der Waals surface area contributed by atoms with Gasteiger partial charge >= 0.3 is 0 Å². The second-order valence-electron chi connectivity index (χ2n) is 7.70. The second-order valence-corrected chi connectivity index (χ2v) is 7.70. The Balaban J connectivity index is 1.50. The number of rotatable bonds is 5. The summed E-state index contributed by atoms with van der Waals surface area (Å²) in [7, 11) is 1.77.